The molecule has 2 aromatic carbocycles. The first-order chi connectivity index (χ1) is 15.1. The van der Waals surface area contributed by atoms with Crippen LogP contribution < -0.4 is 10.2 Å². The summed E-state index contributed by atoms with van der Waals surface area (Å²) >= 11 is 0. The lowest BCUT2D eigenvalue weighted by atomic mass is 10.1. The maximum Gasteiger partial charge on any atom is 0.311 e. The number of para-hydroxylation sites is 1. The number of carbonyl (C=O) groups is 2. The predicted octanol–water partition coefficient (Wildman–Crippen LogP) is 5.27. The maximum absolute atomic E-state index is 13.0. The number of ether oxygens (including phenoxy) is 2. The minimum Gasteiger partial charge on any atom is -0.466 e. The molecule has 0 aliphatic rings. The number of esters is 2. The van der Waals surface area contributed by atoms with Crippen molar-refractivity contribution >= 4 is 22.9 Å². The van der Waals surface area contributed by atoms with Gasteiger partial charge in [0.15, 0.2) is 5.76 Å². The van der Waals surface area contributed by atoms with E-state index >= 15 is 0 Å². The summed E-state index contributed by atoms with van der Waals surface area (Å²) in [6.07, 6.45) is 3.12. The van der Waals surface area contributed by atoms with Crippen molar-refractivity contribution in [3.63, 3.8) is 0 Å². The van der Waals surface area contributed by atoms with Crippen molar-refractivity contribution in [2.75, 3.05) is 6.61 Å². The molecule has 1 aromatic heterocycles. The van der Waals surface area contributed by atoms with Crippen LogP contribution in [-0.2, 0) is 14.3 Å². The zero-order valence-electron chi connectivity index (χ0n) is 17.6. The van der Waals surface area contributed by atoms with Crippen LogP contribution in [0, 0.1) is 0 Å². The van der Waals surface area contributed by atoms with Crippen molar-refractivity contribution in [3.8, 4) is 17.1 Å². The summed E-state index contributed by atoms with van der Waals surface area (Å²) in [6.45, 7) is 2.45. The van der Waals surface area contributed by atoms with Crippen LogP contribution in [0.1, 0.15) is 45.4 Å². The Bertz CT molecular complexity index is 1080. The molecule has 0 atom stereocenters. The molecule has 1 heterocycles. The van der Waals surface area contributed by atoms with E-state index in [0.29, 0.717) is 36.0 Å². The van der Waals surface area contributed by atoms with E-state index in [-0.39, 0.29) is 30.3 Å². The van der Waals surface area contributed by atoms with Crippen LogP contribution >= 0.6 is 0 Å². The molecular formula is C25H26O6. The Kier molecular flexibility index (Phi) is 7.98. The topological polar surface area (TPSA) is 82.8 Å². The molecule has 0 amide bonds. The van der Waals surface area contributed by atoms with Gasteiger partial charge in [-0.05, 0) is 31.4 Å². The van der Waals surface area contributed by atoms with E-state index in [9.17, 15) is 14.4 Å². The zero-order chi connectivity index (χ0) is 22.1. The third kappa shape index (κ3) is 6.04. The molecule has 0 N–H and O–H groups in total. The lowest BCUT2D eigenvalue weighted by molar-refractivity contribution is -0.144. The van der Waals surface area contributed by atoms with Crippen LogP contribution in [0.15, 0.2) is 63.8 Å². The number of carbonyl (C=O) groups excluding carboxylic acids is 2. The van der Waals surface area contributed by atoms with Crippen LogP contribution in [0.3, 0.4) is 0 Å². The Labute approximate surface area is 180 Å². The van der Waals surface area contributed by atoms with Crippen LogP contribution in [0.5, 0.6) is 5.75 Å². The predicted molar refractivity (Wildman–Crippen MR) is 118 cm³/mol. The van der Waals surface area contributed by atoms with Crippen molar-refractivity contribution in [1.29, 1.82) is 0 Å². The van der Waals surface area contributed by atoms with E-state index in [1.165, 1.54) is 0 Å². The van der Waals surface area contributed by atoms with E-state index in [0.717, 1.165) is 12.8 Å². The molecule has 162 valence electrons. The molecule has 0 aliphatic heterocycles. The summed E-state index contributed by atoms with van der Waals surface area (Å²) in [5.41, 5.74) is 0.671. The first-order valence-corrected chi connectivity index (χ1v) is 10.6. The third-order valence-corrected chi connectivity index (χ3v) is 4.78. The molecule has 0 spiro atoms. The number of benzene rings is 2. The van der Waals surface area contributed by atoms with Crippen molar-refractivity contribution in [1.82, 2.24) is 0 Å². The van der Waals surface area contributed by atoms with Gasteiger partial charge in [0.1, 0.15) is 5.58 Å². The monoisotopic (exact) mass is 422 g/mol. The maximum atomic E-state index is 13.0. The van der Waals surface area contributed by atoms with Crippen LogP contribution in [-0.4, -0.2) is 18.5 Å². The minimum absolute atomic E-state index is 0.0860. The lowest BCUT2D eigenvalue weighted by Gasteiger charge is -2.10. The van der Waals surface area contributed by atoms with Crippen LogP contribution in [0.2, 0.25) is 0 Å². The van der Waals surface area contributed by atoms with Crippen LogP contribution in [0.4, 0.5) is 0 Å². The quantitative estimate of drug-likeness (QED) is 0.327. The van der Waals surface area contributed by atoms with Gasteiger partial charge in [-0.15, -0.1) is 0 Å². The number of rotatable bonds is 10. The number of unbranched alkanes of at least 4 members (excludes halogenated alkanes) is 2. The number of fused-ring (bicyclic) bond motifs is 1. The van der Waals surface area contributed by atoms with E-state index in [4.69, 9.17) is 13.9 Å². The van der Waals surface area contributed by atoms with E-state index in [1.54, 1.807) is 36.4 Å². The van der Waals surface area contributed by atoms with E-state index in [2.05, 4.69) is 0 Å². The molecular weight excluding hydrogens is 396 g/mol. The van der Waals surface area contributed by atoms with Crippen LogP contribution in [0.25, 0.3) is 22.3 Å². The number of hydrogen-bond acceptors (Lipinski definition) is 6. The summed E-state index contributed by atoms with van der Waals surface area (Å²) in [5.74, 6) is -0.700. The zero-order valence-corrected chi connectivity index (χ0v) is 17.6. The molecule has 0 fully saturated rings. The fourth-order valence-electron chi connectivity index (χ4n) is 3.10. The smallest absolute Gasteiger partial charge is 0.311 e. The molecule has 3 rings (SSSR count). The Balaban J connectivity index is 1.69. The van der Waals surface area contributed by atoms with E-state index < -0.39 is 11.4 Å². The molecule has 0 unspecified atom stereocenters. The Morgan fingerprint density at radius 1 is 0.871 bits per heavy atom. The third-order valence-electron chi connectivity index (χ3n) is 4.78. The second kappa shape index (κ2) is 11.1. The standard InChI is InChI=1S/C25H26O6/c1-2-3-17-29-21(26)15-9-10-16-22(27)31-25-23(28)19-13-7-8-14-20(19)30-24(25)18-11-5-4-6-12-18/h4-8,11-14H,2-3,9-10,15-17H2,1H3. The highest BCUT2D eigenvalue weighted by atomic mass is 16.5. The summed E-state index contributed by atoms with van der Waals surface area (Å²) in [6, 6.07) is 15.9. The van der Waals surface area contributed by atoms with Crippen molar-refractivity contribution in [2.24, 2.45) is 0 Å². The molecule has 0 saturated carbocycles. The molecule has 3 aromatic rings. The largest absolute Gasteiger partial charge is 0.466 e. The summed E-state index contributed by atoms with van der Waals surface area (Å²) in [4.78, 5) is 37.1. The summed E-state index contributed by atoms with van der Waals surface area (Å²) in [7, 11) is 0. The molecule has 6 heteroatoms. The van der Waals surface area contributed by atoms with Gasteiger partial charge in [0, 0.05) is 18.4 Å². The lowest BCUT2D eigenvalue weighted by Crippen LogP contribution is -2.16. The van der Waals surface area contributed by atoms with Gasteiger partial charge in [0.25, 0.3) is 0 Å². The average molecular weight is 422 g/mol. The van der Waals surface area contributed by atoms with Crippen molar-refractivity contribution in [2.45, 2.75) is 45.4 Å². The highest BCUT2D eigenvalue weighted by Gasteiger charge is 2.20. The van der Waals surface area contributed by atoms with Gasteiger partial charge < -0.3 is 13.9 Å². The van der Waals surface area contributed by atoms with Gasteiger partial charge in [-0.3, -0.25) is 14.4 Å². The van der Waals surface area contributed by atoms with Gasteiger partial charge in [0.05, 0.1) is 12.0 Å². The fraction of sp³-hybridized carbons (Fsp3) is 0.320. The SMILES string of the molecule is CCCCOC(=O)CCCCC(=O)Oc1c(-c2ccccc2)oc2ccccc2c1=O. The fourth-order valence-corrected chi connectivity index (χ4v) is 3.10. The molecule has 0 saturated heterocycles. The Hall–Kier alpha value is -3.41. The van der Waals surface area contributed by atoms with Gasteiger partial charge in [0.2, 0.25) is 11.2 Å². The minimum atomic E-state index is -0.542. The van der Waals surface area contributed by atoms with E-state index in [1.807, 2.05) is 25.1 Å². The molecule has 6 nitrogen and oxygen atoms in total. The van der Waals surface area contributed by atoms with Gasteiger partial charge in [-0.1, -0.05) is 55.8 Å². The average Bonchev–Trinajstić information content (AvgIpc) is 2.79. The highest BCUT2D eigenvalue weighted by Crippen LogP contribution is 2.31. The summed E-state index contributed by atoms with van der Waals surface area (Å²) < 4.78 is 16.5. The first-order valence-electron chi connectivity index (χ1n) is 10.6. The second-order valence-electron chi connectivity index (χ2n) is 7.21. The number of hydrogen-bond donors (Lipinski definition) is 0. The van der Waals surface area contributed by atoms with Crippen molar-refractivity contribution in [3.05, 3.63) is 64.8 Å². The molecule has 0 aliphatic carbocycles. The molecule has 0 radical (unpaired) electrons. The molecule has 31 heavy (non-hydrogen) atoms. The van der Waals surface area contributed by atoms with Gasteiger partial charge in [-0.2, -0.15) is 0 Å². The second-order valence-corrected chi connectivity index (χ2v) is 7.21. The highest BCUT2D eigenvalue weighted by molar-refractivity contribution is 5.84. The molecule has 0 bridgehead atoms. The van der Waals surface area contributed by atoms with Gasteiger partial charge in [-0.25, -0.2) is 0 Å². The Morgan fingerprint density at radius 2 is 1.55 bits per heavy atom. The van der Waals surface area contributed by atoms with Crippen molar-refractivity contribution < 1.29 is 23.5 Å². The Morgan fingerprint density at radius 3 is 2.29 bits per heavy atom. The van der Waals surface area contributed by atoms with Gasteiger partial charge >= 0.3 is 11.9 Å². The summed E-state index contributed by atoms with van der Waals surface area (Å²) in [5, 5.41) is 0.347. The first kappa shape index (κ1) is 22.3. The normalized spacial score (nSPS) is 10.7.